The number of benzene rings is 2. The number of aryl methyl sites for hydroxylation is 2. The van der Waals surface area contributed by atoms with Crippen molar-refractivity contribution in [2.24, 2.45) is 0 Å². The van der Waals surface area contributed by atoms with E-state index in [1.54, 1.807) is 30.5 Å². The smallest absolute Gasteiger partial charge is 0.335 e. The molecule has 0 saturated carbocycles. The Kier molecular flexibility index (Phi) is 5.01. The van der Waals surface area contributed by atoms with Crippen LogP contribution in [0.2, 0.25) is 0 Å². The summed E-state index contributed by atoms with van der Waals surface area (Å²) >= 11 is 0. The standard InChI is InChI=1S/C26H20FN3O3/c1-15-24(16(2)33-29-15)20-11-22-23(18-6-4-7-19(10-18)26(31)32)14-30(25(22)28-12-20)13-17-5-3-8-21(27)9-17/h3-12,14H,13H2,1-2H3,(H,31,32). The van der Waals surface area contributed by atoms with Crippen LogP contribution in [0.5, 0.6) is 0 Å². The summed E-state index contributed by atoms with van der Waals surface area (Å²) in [6.45, 7) is 4.15. The summed E-state index contributed by atoms with van der Waals surface area (Å²) in [4.78, 5) is 16.3. The number of carbonyl (C=O) groups is 1. The number of halogens is 1. The van der Waals surface area contributed by atoms with Gasteiger partial charge in [0, 0.05) is 41.0 Å². The summed E-state index contributed by atoms with van der Waals surface area (Å²) in [5.41, 5.74) is 5.82. The molecule has 6 nitrogen and oxygen atoms in total. The number of hydrogen-bond acceptors (Lipinski definition) is 4. The van der Waals surface area contributed by atoms with Crippen LogP contribution in [0.25, 0.3) is 33.3 Å². The maximum atomic E-state index is 13.8. The summed E-state index contributed by atoms with van der Waals surface area (Å²) in [6.07, 6.45) is 3.70. The molecule has 5 aromatic rings. The van der Waals surface area contributed by atoms with Crippen LogP contribution in [0, 0.1) is 19.7 Å². The first kappa shape index (κ1) is 20.6. The predicted octanol–water partition coefficient (Wildman–Crippen LogP) is 5.86. The number of carboxylic acids is 1. The molecule has 0 aliphatic rings. The molecule has 0 atom stereocenters. The second-order valence-electron chi connectivity index (χ2n) is 7.98. The van der Waals surface area contributed by atoms with Crippen LogP contribution in [0.4, 0.5) is 4.39 Å². The maximum Gasteiger partial charge on any atom is 0.335 e. The topological polar surface area (TPSA) is 81.2 Å². The Morgan fingerprint density at radius 1 is 1.09 bits per heavy atom. The number of aromatic nitrogens is 3. The quantitative estimate of drug-likeness (QED) is 0.369. The first-order valence-electron chi connectivity index (χ1n) is 10.4. The fourth-order valence-electron chi connectivity index (χ4n) is 4.21. The van der Waals surface area contributed by atoms with E-state index in [0.717, 1.165) is 38.9 Å². The van der Waals surface area contributed by atoms with Gasteiger partial charge < -0.3 is 14.2 Å². The van der Waals surface area contributed by atoms with Gasteiger partial charge in [-0.3, -0.25) is 0 Å². The number of fused-ring (bicyclic) bond motifs is 1. The third kappa shape index (κ3) is 3.78. The Bertz CT molecular complexity index is 1500. The number of hydrogen-bond donors (Lipinski definition) is 1. The first-order valence-corrected chi connectivity index (χ1v) is 10.4. The highest BCUT2D eigenvalue weighted by Gasteiger charge is 2.18. The summed E-state index contributed by atoms with van der Waals surface area (Å²) in [5, 5.41) is 14.4. The molecule has 0 aliphatic heterocycles. The molecule has 3 heterocycles. The summed E-state index contributed by atoms with van der Waals surface area (Å²) in [5.74, 6) is -0.593. The Hall–Kier alpha value is -4.26. The molecule has 0 saturated heterocycles. The molecule has 0 aliphatic carbocycles. The zero-order valence-corrected chi connectivity index (χ0v) is 18.0. The van der Waals surface area contributed by atoms with Crippen molar-refractivity contribution in [1.29, 1.82) is 0 Å². The van der Waals surface area contributed by atoms with Crippen molar-refractivity contribution >= 4 is 17.0 Å². The molecule has 2 aromatic carbocycles. The average Bonchev–Trinajstić information content (AvgIpc) is 3.32. The molecule has 0 bridgehead atoms. The fraction of sp³-hybridized carbons (Fsp3) is 0.115. The molecule has 0 radical (unpaired) electrons. The highest BCUT2D eigenvalue weighted by atomic mass is 19.1. The van der Waals surface area contributed by atoms with Gasteiger partial charge in [0.05, 0.1) is 11.3 Å². The lowest BCUT2D eigenvalue weighted by Gasteiger charge is -2.06. The third-order valence-corrected chi connectivity index (χ3v) is 5.70. The van der Waals surface area contributed by atoms with E-state index in [1.807, 2.05) is 42.8 Å². The summed E-state index contributed by atoms with van der Waals surface area (Å²) in [6, 6.07) is 15.3. The maximum absolute atomic E-state index is 13.8. The second kappa shape index (κ2) is 8.02. The Morgan fingerprint density at radius 2 is 1.91 bits per heavy atom. The van der Waals surface area contributed by atoms with Crippen molar-refractivity contribution in [3.8, 4) is 22.3 Å². The van der Waals surface area contributed by atoms with Crippen LogP contribution in [-0.2, 0) is 6.54 Å². The molecule has 0 fully saturated rings. The molecule has 0 amide bonds. The molecule has 164 valence electrons. The van der Waals surface area contributed by atoms with Gasteiger partial charge >= 0.3 is 5.97 Å². The Morgan fingerprint density at radius 3 is 2.64 bits per heavy atom. The van der Waals surface area contributed by atoms with Crippen LogP contribution in [-0.4, -0.2) is 25.8 Å². The zero-order chi connectivity index (χ0) is 23.1. The lowest BCUT2D eigenvalue weighted by atomic mass is 10.0. The van der Waals surface area contributed by atoms with Crippen molar-refractivity contribution in [2.45, 2.75) is 20.4 Å². The highest BCUT2D eigenvalue weighted by Crippen LogP contribution is 2.35. The first-order chi connectivity index (χ1) is 15.9. The molecule has 0 unspecified atom stereocenters. The van der Waals surface area contributed by atoms with Crippen molar-refractivity contribution in [2.75, 3.05) is 0 Å². The van der Waals surface area contributed by atoms with Gasteiger partial charge in [0.2, 0.25) is 0 Å². The monoisotopic (exact) mass is 441 g/mol. The van der Waals surface area contributed by atoms with Gasteiger partial charge in [-0.2, -0.15) is 0 Å². The highest BCUT2D eigenvalue weighted by molar-refractivity contribution is 5.98. The number of rotatable bonds is 5. The minimum absolute atomic E-state index is 0.202. The average molecular weight is 441 g/mol. The van der Waals surface area contributed by atoms with Crippen molar-refractivity contribution < 1.29 is 18.8 Å². The third-order valence-electron chi connectivity index (χ3n) is 5.70. The molecular formula is C26H20FN3O3. The van der Waals surface area contributed by atoms with E-state index < -0.39 is 5.97 Å². The number of aromatic carboxylic acids is 1. The number of carboxylic acid groups (broad SMARTS) is 1. The van der Waals surface area contributed by atoms with E-state index >= 15 is 0 Å². The Balaban J connectivity index is 1.72. The molecule has 1 N–H and O–H groups in total. The van der Waals surface area contributed by atoms with Gasteiger partial charge in [-0.25, -0.2) is 14.2 Å². The van der Waals surface area contributed by atoms with Gasteiger partial charge in [0.1, 0.15) is 17.2 Å². The van der Waals surface area contributed by atoms with E-state index in [4.69, 9.17) is 9.51 Å². The van der Waals surface area contributed by atoms with Crippen LogP contribution in [0.1, 0.15) is 27.4 Å². The lowest BCUT2D eigenvalue weighted by molar-refractivity contribution is 0.0697. The van der Waals surface area contributed by atoms with Gasteiger partial charge in [0.25, 0.3) is 0 Å². The molecule has 3 aromatic heterocycles. The molecule has 0 spiro atoms. The predicted molar refractivity (Wildman–Crippen MR) is 123 cm³/mol. The minimum atomic E-state index is -0.991. The van der Waals surface area contributed by atoms with E-state index in [9.17, 15) is 14.3 Å². The minimum Gasteiger partial charge on any atom is -0.478 e. The van der Waals surface area contributed by atoms with Crippen LogP contribution >= 0.6 is 0 Å². The van der Waals surface area contributed by atoms with E-state index in [1.165, 1.54) is 12.1 Å². The van der Waals surface area contributed by atoms with Gasteiger partial charge in [-0.15, -0.1) is 0 Å². The summed E-state index contributed by atoms with van der Waals surface area (Å²) in [7, 11) is 0. The van der Waals surface area contributed by atoms with E-state index in [0.29, 0.717) is 18.0 Å². The molecular weight excluding hydrogens is 421 g/mol. The van der Waals surface area contributed by atoms with Gasteiger partial charge in [0.15, 0.2) is 0 Å². The van der Waals surface area contributed by atoms with Crippen LogP contribution < -0.4 is 0 Å². The number of nitrogens with zero attached hydrogens (tertiary/aromatic N) is 3. The van der Waals surface area contributed by atoms with E-state index in [-0.39, 0.29) is 11.4 Å². The molecule has 5 rings (SSSR count). The van der Waals surface area contributed by atoms with E-state index in [2.05, 4.69) is 5.16 Å². The molecule has 7 heteroatoms. The largest absolute Gasteiger partial charge is 0.478 e. The van der Waals surface area contributed by atoms with Crippen LogP contribution in [0.3, 0.4) is 0 Å². The van der Waals surface area contributed by atoms with Crippen LogP contribution in [0.15, 0.2) is 71.5 Å². The second-order valence-corrected chi connectivity index (χ2v) is 7.98. The van der Waals surface area contributed by atoms with Crippen molar-refractivity contribution in [3.63, 3.8) is 0 Å². The Labute approximate surface area is 188 Å². The summed E-state index contributed by atoms with van der Waals surface area (Å²) < 4.78 is 21.0. The normalized spacial score (nSPS) is 11.2. The number of pyridine rings is 1. The van der Waals surface area contributed by atoms with Gasteiger partial charge in [-0.05, 0) is 55.3 Å². The van der Waals surface area contributed by atoms with Gasteiger partial charge in [-0.1, -0.05) is 29.4 Å². The van der Waals surface area contributed by atoms with Crippen molar-refractivity contribution in [1.82, 2.24) is 14.7 Å². The molecule has 33 heavy (non-hydrogen) atoms. The fourth-order valence-corrected chi connectivity index (χ4v) is 4.21. The lowest BCUT2D eigenvalue weighted by Crippen LogP contribution is -1.99. The SMILES string of the molecule is Cc1noc(C)c1-c1cnc2c(c1)c(-c1cccc(C(=O)O)c1)cn2Cc1cccc(F)c1. The van der Waals surface area contributed by atoms with Crippen molar-refractivity contribution in [3.05, 3.63) is 95.4 Å². The zero-order valence-electron chi connectivity index (χ0n) is 18.0.